The highest BCUT2D eigenvalue weighted by molar-refractivity contribution is 7.95. The van der Waals surface area contributed by atoms with Crippen LogP contribution in [0.1, 0.15) is 58.3 Å². The van der Waals surface area contributed by atoms with E-state index < -0.39 is 9.84 Å². The van der Waals surface area contributed by atoms with Gasteiger partial charge >= 0.3 is 5.89 Å². The lowest BCUT2D eigenvalue weighted by molar-refractivity contribution is -0.678. The summed E-state index contributed by atoms with van der Waals surface area (Å²) in [5.41, 5.74) is 4.45. The van der Waals surface area contributed by atoms with Crippen LogP contribution in [0.5, 0.6) is 5.75 Å². The van der Waals surface area contributed by atoms with Crippen LogP contribution in [-0.4, -0.2) is 15.0 Å². The quantitative estimate of drug-likeness (QED) is 0.125. The first kappa shape index (κ1) is 33.7. The number of allylic oxidation sites excluding steroid dienone is 5. The van der Waals surface area contributed by atoms with Crippen molar-refractivity contribution in [2.24, 2.45) is 0 Å². The standard InChI is InChI=1S/C45H43N2O4S/c1-3-5-30-46-39-26-22-32-14-10-12-18-37(32)43(39)50-41(46)28-24-34-20-21-35(45(34)52(48,49)36-16-8-7-9-17-36)25-29-42-47(31-6-4-2)40-27-23-33-15-11-13-19-38(33)44(40)51-42/h7-19,22-29H,3-6,20-21,30-31H2,1-2H3/q+1. The monoisotopic (exact) mass is 707 g/mol. The lowest BCUT2D eigenvalue weighted by atomic mass is 10.1. The van der Waals surface area contributed by atoms with E-state index in [0.29, 0.717) is 29.5 Å². The van der Waals surface area contributed by atoms with Gasteiger partial charge in [0.15, 0.2) is 12.3 Å². The molecule has 0 bridgehead atoms. The largest absolute Gasteiger partial charge is 0.438 e. The zero-order valence-corrected chi connectivity index (χ0v) is 30.5. The number of fused-ring (bicyclic) bond motifs is 6. The van der Waals surface area contributed by atoms with Gasteiger partial charge < -0.3 is 14.1 Å². The molecule has 2 heterocycles. The summed E-state index contributed by atoms with van der Waals surface area (Å²) in [7, 11) is -3.84. The van der Waals surface area contributed by atoms with Gasteiger partial charge in [-0.1, -0.05) is 106 Å². The van der Waals surface area contributed by atoms with E-state index in [4.69, 9.17) is 9.15 Å². The topological polar surface area (TPSA) is 63.6 Å². The van der Waals surface area contributed by atoms with Gasteiger partial charge in [0.05, 0.1) is 21.6 Å². The van der Waals surface area contributed by atoms with Crippen molar-refractivity contribution in [1.29, 1.82) is 0 Å². The molecule has 0 saturated carbocycles. The molecule has 262 valence electrons. The summed E-state index contributed by atoms with van der Waals surface area (Å²) in [6.45, 7) is 5.98. The first-order valence-electron chi connectivity index (χ1n) is 18.4. The van der Waals surface area contributed by atoms with Gasteiger partial charge in [-0.3, -0.25) is 0 Å². The van der Waals surface area contributed by atoms with Gasteiger partial charge in [-0.15, -0.1) is 0 Å². The number of anilines is 1. The smallest absolute Gasteiger partial charge is 0.374 e. The predicted octanol–water partition coefficient (Wildman–Crippen LogP) is 10.8. The second-order valence-electron chi connectivity index (χ2n) is 13.5. The number of aromatic nitrogens is 1. The lowest BCUT2D eigenvalue weighted by Crippen LogP contribution is -2.35. The number of nitrogens with zero attached hydrogens (tertiary/aromatic N) is 2. The fraction of sp³-hybridized carbons (Fsp3) is 0.222. The molecule has 0 unspecified atom stereocenters. The molecule has 0 N–H and O–H groups in total. The minimum absolute atomic E-state index is 0.283. The van der Waals surface area contributed by atoms with Crippen LogP contribution in [-0.2, 0) is 16.4 Å². The molecule has 6 nitrogen and oxygen atoms in total. The average molecular weight is 708 g/mol. The molecule has 1 aliphatic carbocycles. The highest BCUT2D eigenvalue weighted by Gasteiger charge is 2.32. The summed E-state index contributed by atoms with van der Waals surface area (Å²) in [6, 6.07) is 33.8. The zero-order chi connectivity index (χ0) is 35.7. The minimum atomic E-state index is -3.84. The van der Waals surface area contributed by atoms with Crippen LogP contribution in [0, 0.1) is 0 Å². The summed E-state index contributed by atoms with van der Waals surface area (Å²) >= 11 is 0. The van der Waals surface area contributed by atoms with E-state index in [-0.39, 0.29) is 4.90 Å². The Morgan fingerprint density at radius 3 is 2.25 bits per heavy atom. The number of sulfone groups is 1. The van der Waals surface area contributed by atoms with E-state index in [9.17, 15) is 8.42 Å². The van der Waals surface area contributed by atoms with E-state index in [1.165, 1.54) is 0 Å². The molecular weight excluding hydrogens is 665 g/mol. The van der Waals surface area contributed by atoms with Gasteiger partial charge in [0.1, 0.15) is 0 Å². The third-order valence-electron chi connectivity index (χ3n) is 10.1. The maximum Gasteiger partial charge on any atom is 0.374 e. The molecule has 8 rings (SSSR count). The Labute approximate surface area is 305 Å². The van der Waals surface area contributed by atoms with Gasteiger partial charge in [0, 0.05) is 29.8 Å². The Morgan fingerprint density at radius 2 is 1.46 bits per heavy atom. The first-order chi connectivity index (χ1) is 25.5. The Morgan fingerprint density at radius 1 is 0.750 bits per heavy atom. The first-order valence-corrected chi connectivity index (χ1v) is 19.9. The molecule has 0 saturated heterocycles. The lowest BCUT2D eigenvalue weighted by Gasteiger charge is -2.17. The van der Waals surface area contributed by atoms with Gasteiger partial charge in [-0.2, -0.15) is 4.57 Å². The summed E-state index contributed by atoms with van der Waals surface area (Å²) in [5.74, 6) is 2.26. The SMILES string of the molecule is CCCCN1/C(=C/C=C2\CCC(/C=C/c3oc4c5ccccc5ccc4[n+]3CCCC)=C2S(=O)(=O)c2ccccc2)Oc2c1ccc1ccccc21. The predicted molar refractivity (Wildman–Crippen MR) is 211 cm³/mol. The number of rotatable bonds is 11. The van der Waals surface area contributed by atoms with Crippen LogP contribution in [0.25, 0.3) is 38.7 Å². The molecule has 0 amide bonds. The molecule has 0 radical (unpaired) electrons. The highest BCUT2D eigenvalue weighted by Crippen LogP contribution is 2.45. The summed E-state index contributed by atoms with van der Waals surface area (Å²) in [5, 5.41) is 4.37. The molecule has 52 heavy (non-hydrogen) atoms. The number of oxazole rings is 1. The molecule has 2 aliphatic rings. The average Bonchev–Trinajstić information content (AvgIpc) is 3.88. The van der Waals surface area contributed by atoms with E-state index in [1.54, 1.807) is 24.3 Å². The molecule has 6 aromatic rings. The van der Waals surface area contributed by atoms with Crippen molar-refractivity contribution in [2.75, 3.05) is 11.4 Å². The number of hydrogen-bond acceptors (Lipinski definition) is 5. The highest BCUT2D eigenvalue weighted by atomic mass is 32.2. The number of aryl methyl sites for hydroxylation is 1. The summed E-state index contributed by atoms with van der Waals surface area (Å²) in [6.07, 6.45) is 13.1. The molecule has 7 heteroatoms. The van der Waals surface area contributed by atoms with Crippen molar-refractivity contribution < 1.29 is 22.1 Å². The van der Waals surface area contributed by atoms with E-state index in [2.05, 4.69) is 71.8 Å². The van der Waals surface area contributed by atoms with Gasteiger partial charge in [-0.05, 0) is 77.6 Å². The van der Waals surface area contributed by atoms with Crippen LogP contribution >= 0.6 is 0 Å². The Bertz CT molecular complexity index is 2540. The van der Waals surface area contributed by atoms with Crippen LogP contribution in [0.4, 0.5) is 5.69 Å². The number of hydrogen-bond donors (Lipinski definition) is 0. The molecule has 0 fully saturated rings. The summed E-state index contributed by atoms with van der Waals surface area (Å²) < 4.78 is 44.3. The van der Waals surface area contributed by atoms with E-state index >= 15 is 0 Å². The molecular formula is C45H43N2O4S+. The maximum absolute atomic E-state index is 14.5. The number of ether oxygens (including phenoxy) is 1. The van der Waals surface area contributed by atoms with Crippen molar-refractivity contribution in [3.05, 3.63) is 149 Å². The Hall–Kier alpha value is -5.40. The van der Waals surface area contributed by atoms with Gasteiger partial charge in [-0.25, -0.2) is 8.42 Å². The second-order valence-corrected chi connectivity index (χ2v) is 15.4. The number of unbranched alkanes of at least 4 members (excludes halogenated alkanes) is 2. The van der Waals surface area contributed by atoms with E-state index in [0.717, 1.165) is 94.0 Å². The van der Waals surface area contributed by atoms with Crippen LogP contribution in [0.15, 0.2) is 153 Å². The third kappa shape index (κ3) is 6.13. The van der Waals surface area contributed by atoms with Crippen molar-refractivity contribution in [2.45, 2.75) is 63.8 Å². The number of benzene rings is 5. The molecule has 1 aromatic heterocycles. The maximum atomic E-state index is 14.5. The van der Waals surface area contributed by atoms with Crippen LogP contribution in [0.3, 0.4) is 0 Å². The Balaban J connectivity index is 1.23. The van der Waals surface area contributed by atoms with Crippen LogP contribution < -0.4 is 14.2 Å². The minimum Gasteiger partial charge on any atom is -0.438 e. The fourth-order valence-electron chi connectivity index (χ4n) is 7.43. The molecule has 5 aromatic carbocycles. The van der Waals surface area contributed by atoms with Crippen molar-refractivity contribution in [1.82, 2.24) is 0 Å². The van der Waals surface area contributed by atoms with Crippen molar-refractivity contribution in [3.63, 3.8) is 0 Å². The molecule has 0 spiro atoms. The van der Waals surface area contributed by atoms with E-state index in [1.807, 2.05) is 54.6 Å². The second kappa shape index (κ2) is 14.3. The normalized spacial score (nSPS) is 16.4. The zero-order valence-electron chi connectivity index (χ0n) is 29.7. The van der Waals surface area contributed by atoms with Gasteiger partial charge in [0.2, 0.25) is 21.3 Å². The molecule has 1 aliphatic heterocycles. The van der Waals surface area contributed by atoms with Crippen LogP contribution in [0.2, 0.25) is 0 Å². The summed E-state index contributed by atoms with van der Waals surface area (Å²) in [4.78, 5) is 2.85. The third-order valence-corrected chi connectivity index (χ3v) is 12.1. The van der Waals surface area contributed by atoms with Crippen molar-refractivity contribution in [3.8, 4) is 5.75 Å². The van der Waals surface area contributed by atoms with Gasteiger partial charge in [0.25, 0.3) is 5.52 Å². The van der Waals surface area contributed by atoms with Crippen molar-refractivity contribution >= 4 is 54.2 Å². The molecule has 0 atom stereocenters. The fourth-order valence-corrected chi connectivity index (χ4v) is 9.21. The Kier molecular flexibility index (Phi) is 9.29.